The number of nitrogens with zero attached hydrogens (tertiary/aromatic N) is 5. The maximum Gasteiger partial charge on any atom is 0.224 e. The minimum absolute atomic E-state index is 0.0392. The molecule has 0 unspecified atom stereocenters. The molecule has 0 saturated carbocycles. The number of nitrogens with one attached hydrogen (secondary N) is 3. The van der Waals surface area contributed by atoms with Crippen LogP contribution in [0.3, 0.4) is 0 Å². The van der Waals surface area contributed by atoms with Gasteiger partial charge in [0.2, 0.25) is 5.91 Å². The number of hydrogen-bond donors (Lipinski definition) is 4. The second-order valence-corrected chi connectivity index (χ2v) is 12.1. The molecule has 2 aliphatic rings. The fourth-order valence-corrected chi connectivity index (χ4v) is 5.26. The minimum atomic E-state index is -0.113. The monoisotopic (exact) mass is 567 g/mol. The molecular weight excluding hydrogens is 526 g/mol. The van der Waals surface area contributed by atoms with Gasteiger partial charge in [-0.3, -0.25) is 14.9 Å². The van der Waals surface area contributed by atoms with Crippen molar-refractivity contribution in [1.29, 1.82) is 0 Å². The smallest absolute Gasteiger partial charge is 0.224 e. The first-order valence-corrected chi connectivity index (χ1v) is 14.4. The summed E-state index contributed by atoms with van der Waals surface area (Å²) in [6, 6.07) is 6.03. The highest BCUT2D eigenvalue weighted by Gasteiger charge is 2.25. The second kappa shape index (κ2) is 12.2. The van der Waals surface area contributed by atoms with Gasteiger partial charge in [0.25, 0.3) is 0 Å². The fourth-order valence-electron chi connectivity index (χ4n) is 5.26. The quantitative estimate of drug-likeness (QED) is 0.312. The van der Waals surface area contributed by atoms with Crippen molar-refractivity contribution in [2.75, 3.05) is 33.2 Å². The maximum atomic E-state index is 12.7. The number of amides is 1. The Morgan fingerprint density at radius 2 is 1.95 bits per heavy atom. The number of carbonyl (C=O) groups is 1. The standard InChI is InChI=1S/C32H41N9O/c1-6-7-23(35-28(42)18-32(2,3)4)16-22(19-33)21-8-9-25-24(17-21)29(39-38-25)31-36-26-20-34-11-10-27(30(26)37-31)41-14-12-40(5)13-15-41/h6-11,16-17,19H,12-15,18,20,33H2,1-5H3,(H,35,42)(H,36,37)(H,38,39)/b7-6-,22-19+,23-16+. The number of rotatable bonds is 7. The molecular formula is C32H41N9O. The topological polar surface area (TPSA) is 131 Å². The number of imidazole rings is 1. The van der Waals surface area contributed by atoms with Gasteiger partial charge >= 0.3 is 0 Å². The third-order valence-electron chi connectivity index (χ3n) is 7.38. The molecule has 1 saturated heterocycles. The summed E-state index contributed by atoms with van der Waals surface area (Å²) in [5.41, 5.74) is 13.0. The third kappa shape index (κ3) is 6.54. The summed E-state index contributed by atoms with van der Waals surface area (Å²) >= 11 is 0. The van der Waals surface area contributed by atoms with Crippen molar-refractivity contribution in [3.63, 3.8) is 0 Å². The van der Waals surface area contributed by atoms with Crippen LogP contribution < -0.4 is 11.1 Å². The molecule has 0 aliphatic carbocycles. The Bertz CT molecular complexity index is 1600. The Balaban J connectivity index is 1.47. The Morgan fingerprint density at radius 1 is 1.17 bits per heavy atom. The van der Waals surface area contributed by atoms with Gasteiger partial charge in [0.15, 0.2) is 5.82 Å². The molecule has 2 aromatic heterocycles. The van der Waals surface area contributed by atoms with Crippen LogP contribution in [0.25, 0.3) is 33.7 Å². The van der Waals surface area contributed by atoms with Gasteiger partial charge < -0.3 is 25.8 Å². The molecule has 1 fully saturated rings. The van der Waals surface area contributed by atoms with E-state index in [1.54, 1.807) is 6.20 Å². The SMILES string of the molecule is C\C=C/C(=C\C(=C/N)c1ccc2[nH]nc(-c3nc4c([nH]3)CN=CC=C4N3CCN(C)CC3)c2c1)NC(=O)CC(C)(C)C. The lowest BCUT2D eigenvalue weighted by atomic mass is 9.92. The number of piperazine rings is 1. The maximum absolute atomic E-state index is 12.7. The van der Waals surface area contributed by atoms with Crippen molar-refractivity contribution in [1.82, 2.24) is 35.3 Å². The first-order chi connectivity index (χ1) is 20.1. The van der Waals surface area contributed by atoms with Crippen molar-refractivity contribution in [3.05, 3.63) is 71.4 Å². The average Bonchev–Trinajstić information content (AvgIpc) is 3.50. The molecule has 5 rings (SSSR count). The lowest BCUT2D eigenvalue weighted by molar-refractivity contribution is -0.122. The van der Waals surface area contributed by atoms with E-state index in [9.17, 15) is 4.79 Å². The van der Waals surface area contributed by atoms with Crippen LogP contribution in [0.2, 0.25) is 0 Å². The molecule has 220 valence electrons. The Hall–Kier alpha value is -4.44. The van der Waals surface area contributed by atoms with Crippen LogP contribution in [-0.2, 0) is 11.3 Å². The highest BCUT2D eigenvalue weighted by atomic mass is 16.1. The first-order valence-electron chi connectivity index (χ1n) is 14.4. The number of nitrogens with two attached hydrogens (primary N) is 1. The van der Waals surface area contributed by atoms with Gasteiger partial charge in [-0.05, 0) is 60.9 Å². The molecule has 10 nitrogen and oxygen atoms in total. The second-order valence-electron chi connectivity index (χ2n) is 12.1. The van der Waals surface area contributed by atoms with E-state index in [1.165, 1.54) is 0 Å². The number of H-pyrrole nitrogens is 2. The average molecular weight is 568 g/mol. The summed E-state index contributed by atoms with van der Waals surface area (Å²) in [7, 11) is 2.15. The van der Waals surface area contributed by atoms with Crippen molar-refractivity contribution < 1.29 is 4.79 Å². The molecule has 3 aromatic rings. The summed E-state index contributed by atoms with van der Waals surface area (Å²) in [4.78, 5) is 30.5. The predicted molar refractivity (Wildman–Crippen MR) is 170 cm³/mol. The van der Waals surface area contributed by atoms with E-state index in [0.29, 0.717) is 24.5 Å². The molecule has 1 amide bonds. The van der Waals surface area contributed by atoms with Gasteiger partial charge in [-0.25, -0.2) is 4.98 Å². The lowest BCUT2D eigenvalue weighted by Crippen LogP contribution is -2.43. The van der Waals surface area contributed by atoms with Gasteiger partial charge in [-0.1, -0.05) is 32.9 Å². The lowest BCUT2D eigenvalue weighted by Gasteiger charge is -2.35. The van der Waals surface area contributed by atoms with Crippen LogP contribution >= 0.6 is 0 Å². The number of likely N-dealkylation sites (N-methyl/N-ethyl adjacent to an activating group) is 1. The van der Waals surface area contributed by atoms with Crippen LogP contribution in [0, 0.1) is 5.41 Å². The summed E-state index contributed by atoms with van der Waals surface area (Å²) in [5.74, 6) is 0.654. The minimum Gasteiger partial charge on any atom is -0.404 e. The Labute approximate surface area is 247 Å². The number of hydrogen-bond acceptors (Lipinski definition) is 7. The molecule has 42 heavy (non-hydrogen) atoms. The van der Waals surface area contributed by atoms with Crippen LogP contribution in [0.1, 0.15) is 51.1 Å². The fraction of sp³-hybridized carbons (Fsp3) is 0.375. The summed E-state index contributed by atoms with van der Waals surface area (Å²) in [6.45, 7) is 12.5. The van der Waals surface area contributed by atoms with Crippen molar-refractivity contribution in [3.8, 4) is 11.5 Å². The zero-order valence-electron chi connectivity index (χ0n) is 25.2. The van der Waals surface area contributed by atoms with E-state index in [4.69, 9.17) is 10.7 Å². The Kier molecular flexibility index (Phi) is 8.44. The number of carbonyl (C=O) groups excluding carboxylic acids is 1. The van der Waals surface area contributed by atoms with Crippen LogP contribution in [0.4, 0.5) is 0 Å². The number of benzene rings is 1. The Morgan fingerprint density at radius 3 is 2.67 bits per heavy atom. The van der Waals surface area contributed by atoms with E-state index in [2.05, 4.69) is 54.5 Å². The zero-order valence-corrected chi connectivity index (χ0v) is 25.2. The van der Waals surface area contributed by atoms with Crippen LogP contribution in [0.15, 0.2) is 59.4 Å². The number of aromatic nitrogens is 4. The molecule has 0 bridgehead atoms. The highest BCUT2D eigenvalue weighted by Crippen LogP contribution is 2.32. The van der Waals surface area contributed by atoms with Gasteiger partial charge in [0.05, 0.1) is 23.5 Å². The molecule has 0 spiro atoms. The molecule has 0 radical (unpaired) electrons. The third-order valence-corrected chi connectivity index (χ3v) is 7.38. The van der Waals surface area contributed by atoms with Gasteiger partial charge in [0, 0.05) is 56.1 Å². The largest absolute Gasteiger partial charge is 0.404 e. The number of aliphatic imine (C=N–C) groups is 1. The van der Waals surface area contributed by atoms with Crippen molar-refractivity contribution in [2.45, 2.75) is 40.7 Å². The van der Waals surface area contributed by atoms with E-state index in [1.807, 2.05) is 64.3 Å². The van der Waals surface area contributed by atoms with Gasteiger partial charge in [-0.15, -0.1) is 0 Å². The molecule has 10 heteroatoms. The van der Waals surface area contributed by atoms with Crippen molar-refractivity contribution in [2.24, 2.45) is 16.1 Å². The highest BCUT2D eigenvalue weighted by molar-refractivity contribution is 5.95. The first kappa shape index (κ1) is 29.1. The van der Waals surface area contributed by atoms with E-state index in [-0.39, 0.29) is 11.3 Å². The van der Waals surface area contributed by atoms with E-state index >= 15 is 0 Å². The number of allylic oxidation sites excluding steroid dienone is 5. The van der Waals surface area contributed by atoms with Gasteiger partial charge in [0.1, 0.15) is 11.4 Å². The van der Waals surface area contributed by atoms with Crippen LogP contribution in [0.5, 0.6) is 0 Å². The molecule has 4 heterocycles. The number of aromatic amines is 2. The predicted octanol–water partition coefficient (Wildman–Crippen LogP) is 4.44. The van der Waals surface area contributed by atoms with Crippen molar-refractivity contribution >= 4 is 34.3 Å². The zero-order chi connectivity index (χ0) is 29.9. The molecule has 0 atom stereocenters. The van der Waals surface area contributed by atoms with E-state index in [0.717, 1.165) is 71.0 Å². The number of fused-ring (bicyclic) bond motifs is 2. The molecule has 2 aliphatic heterocycles. The summed E-state index contributed by atoms with van der Waals surface area (Å²) in [6.07, 6.45) is 11.6. The molecule has 1 aromatic carbocycles. The van der Waals surface area contributed by atoms with Gasteiger partial charge in [-0.2, -0.15) is 5.10 Å². The summed E-state index contributed by atoms with van der Waals surface area (Å²) < 4.78 is 0. The van der Waals surface area contributed by atoms with Crippen LogP contribution in [-0.4, -0.2) is 75.3 Å². The summed E-state index contributed by atoms with van der Waals surface area (Å²) in [5, 5.41) is 11.7. The van der Waals surface area contributed by atoms with E-state index < -0.39 is 0 Å². The normalized spacial score (nSPS) is 17.1. The molecule has 5 N–H and O–H groups in total.